The number of piperazine rings is 1. The molecule has 1 aliphatic rings. The molecule has 2 atom stereocenters. The first kappa shape index (κ1) is 21.2. The fraction of sp³-hybridized carbons (Fsp3) is 0.600. The van der Waals surface area contributed by atoms with Gasteiger partial charge in [0, 0.05) is 32.2 Å². The third kappa shape index (κ3) is 6.22. The third-order valence-electron chi connectivity index (χ3n) is 5.09. The van der Waals surface area contributed by atoms with Crippen LogP contribution in [0.4, 0.5) is 5.69 Å². The average Bonchev–Trinajstić information content (AvgIpc) is 2.68. The molecular formula is C20H32N4O3. The number of hydrogen-bond acceptors (Lipinski definition) is 5. The fourth-order valence-electron chi connectivity index (χ4n) is 3.09. The molecule has 0 bridgehead atoms. The van der Waals surface area contributed by atoms with Gasteiger partial charge in [-0.2, -0.15) is 0 Å². The molecule has 0 saturated carbocycles. The van der Waals surface area contributed by atoms with Crippen LogP contribution < -0.4 is 15.4 Å². The standard InChI is InChI=1S/C20H32N4O3/c1-5-15(2)21-19(25)14-23-10-12-24(13-11-23)16(3)20(26)22-17-8-6-7-9-18(17)27-4/h6-9,15-16H,5,10-14H2,1-4H3,(H,21,25)(H,22,26). The zero-order valence-electron chi connectivity index (χ0n) is 16.8. The van der Waals surface area contributed by atoms with Gasteiger partial charge >= 0.3 is 0 Å². The average molecular weight is 377 g/mol. The van der Waals surface area contributed by atoms with Gasteiger partial charge in [-0.05, 0) is 32.4 Å². The summed E-state index contributed by atoms with van der Waals surface area (Å²) in [4.78, 5) is 28.9. The van der Waals surface area contributed by atoms with Gasteiger partial charge in [-0.15, -0.1) is 0 Å². The minimum Gasteiger partial charge on any atom is -0.495 e. The monoisotopic (exact) mass is 376 g/mol. The van der Waals surface area contributed by atoms with Crippen LogP contribution in [0.3, 0.4) is 0 Å². The molecule has 0 spiro atoms. The Morgan fingerprint density at radius 1 is 1.15 bits per heavy atom. The minimum atomic E-state index is -0.244. The van der Waals surface area contributed by atoms with Gasteiger partial charge in [0.2, 0.25) is 11.8 Å². The molecule has 7 nitrogen and oxygen atoms in total. The summed E-state index contributed by atoms with van der Waals surface area (Å²) in [6.07, 6.45) is 0.929. The first-order valence-corrected chi connectivity index (χ1v) is 9.64. The maximum absolute atomic E-state index is 12.6. The van der Waals surface area contributed by atoms with Crippen molar-refractivity contribution in [3.05, 3.63) is 24.3 Å². The van der Waals surface area contributed by atoms with E-state index in [1.807, 2.05) is 38.1 Å². The van der Waals surface area contributed by atoms with Gasteiger partial charge in [-0.1, -0.05) is 19.1 Å². The molecular weight excluding hydrogens is 344 g/mol. The van der Waals surface area contributed by atoms with E-state index in [0.717, 1.165) is 32.6 Å². The first-order chi connectivity index (χ1) is 12.9. The quantitative estimate of drug-likeness (QED) is 0.720. The van der Waals surface area contributed by atoms with Crippen molar-refractivity contribution in [3.8, 4) is 5.75 Å². The zero-order chi connectivity index (χ0) is 19.8. The van der Waals surface area contributed by atoms with E-state index < -0.39 is 0 Å². The van der Waals surface area contributed by atoms with E-state index in [-0.39, 0.29) is 23.9 Å². The van der Waals surface area contributed by atoms with E-state index in [0.29, 0.717) is 18.0 Å². The lowest BCUT2D eigenvalue weighted by Gasteiger charge is -2.37. The Hall–Kier alpha value is -2.12. The van der Waals surface area contributed by atoms with Crippen LogP contribution in [0.2, 0.25) is 0 Å². The Labute approximate surface area is 162 Å². The van der Waals surface area contributed by atoms with Crippen LogP contribution in [-0.2, 0) is 9.59 Å². The van der Waals surface area contributed by atoms with Crippen molar-refractivity contribution in [1.82, 2.24) is 15.1 Å². The molecule has 0 aromatic heterocycles. The lowest BCUT2D eigenvalue weighted by Crippen LogP contribution is -2.54. The van der Waals surface area contributed by atoms with E-state index in [2.05, 4.69) is 27.4 Å². The van der Waals surface area contributed by atoms with E-state index in [4.69, 9.17) is 4.74 Å². The van der Waals surface area contributed by atoms with Crippen LogP contribution in [0.25, 0.3) is 0 Å². The van der Waals surface area contributed by atoms with E-state index in [1.54, 1.807) is 7.11 Å². The molecule has 2 unspecified atom stereocenters. The molecule has 1 saturated heterocycles. The smallest absolute Gasteiger partial charge is 0.241 e. The lowest BCUT2D eigenvalue weighted by atomic mass is 10.2. The Morgan fingerprint density at radius 3 is 2.44 bits per heavy atom. The molecule has 1 heterocycles. The van der Waals surface area contributed by atoms with Gasteiger partial charge in [-0.25, -0.2) is 0 Å². The molecule has 27 heavy (non-hydrogen) atoms. The molecule has 0 aliphatic carbocycles. The summed E-state index contributed by atoms with van der Waals surface area (Å²) in [5.74, 6) is 0.664. The number of ether oxygens (including phenoxy) is 1. The van der Waals surface area contributed by atoms with Crippen LogP contribution in [-0.4, -0.2) is 73.5 Å². The van der Waals surface area contributed by atoms with Gasteiger partial charge in [0.05, 0.1) is 25.4 Å². The van der Waals surface area contributed by atoms with Crippen molar-refractivity contribution in [2.45, 2.75) is 39.3 Å². The highest BCUT2D eigenvalue weighted by molar-refractivity contribution is 5.95. The Bertz CT molecular complexity index is 629. The Morgan fingerprint density at radius 2 is 1.81 bits per heavy atom. The molecule has 0 radical (unpaired) electrons. The second kappa shape index (κ2) is 10.3. The number of amides is 2. The molecule has 7 heteroatoms. The van der Waals surface area contributed by atoms with Gasteiger partial charge in [0.1, 0.15) is 5.75 Å². The highest BCUT2D eigenvalue weighted by Gasteiger charge is 2.26. The number of carbonyl (C=O) groups is 2. The highest BCUT2D eigenvalue weighted by atomic mass is 16.5. The van der Waals surface area contributed by atoms with Crippen LogP contribution in [0, 0.1) is 0 Å². The van der Waals surface area contributed by atoms with E-state index in [1.165, 1.54) is 0 Å². The summed E-state index contributed by atoms with van der Waals surface area (Å²) in [5, 5.41) is 5.94. The van der Waals surface area contributed by atoms with Crippen molar-refractivity contribution in [2.24, 2.45) is 0 Å². The summed E-state index contributed by atoms with van der Waals surface area (Å²) < 4.78 is 5.29. The second-order valence-electron chi connectivity index (χ2n) is 7.05. The highest BCUT2D eigenvalue weighted by Crippen LogP contribution is 2.23. The topological polar surface area (TPSA) is 73.9 Å². The largest absolute Gasteiger partial charge is 0.495 e. The van der Waals surface area contributed by atoms with Crippen molar-refractivity contribution in [3.63, 3.8) is 0 Å². The first-order valence-electron chi connectivity index (χ1n) is 9.64. The van der Waals surface area contributed by atoms with Gasteiger partial charge in [0.25, 0.3) is 0 Å². The molecule has 1 aliphatic heterocycles. The maximum Gasteiger partial charge on any atom is 0.241 e. The van der Waals surface area contributed by atoms with Crippen molar-refractivity contribution >= 4 is 17.5 Å². The summed E-state index contributed by atoms with van der Waals surface area (Å²) in [7, 11) is 1.59. The number of anilines is 1. The second-order valence-corrected chi connectivity index (χ2v) is 7.05. The number of para-hydroxylation sites is 2. The summed E-state index contributed by atoms with van der Waals surface area (Å²) in [6, 6.07) is 7.35. The third-order valence-corrected chi connectivity index (χ3v) is 5.09. The molecule has 150 valence electrons. The molecule has 1 fully saturated rings. The zero-order valence-corrected chi connectivity index (χ0v) is 16.8. The number of methoxy groups -OCH3 is 1. The number of benzene rings is 1. The normalized spacial score (nSPS) is 17.8. The van der Waals surface area contributed by atoms with Crippen LogP contribution in [0.5, 0.6) is 5.75 Å². The van der Waals surface area contributed by atoms with Crippen LogP contribution in [0.15, 0.2) is 24.3 Å². The van der Waals surface area contributed by atoms with Crippen molar-refractivity contribution < 1.29 is 14.3 Å². The van der Waals surface area contributed by atoms with Crippen molar-refractivity contribution in [1.29, 1.82) is 0 Å². The summed E-state index contributed by atoms with van der Waals surface area (Å²) in [6.45, 7) is 9.48. The maximum atomic E-state index is 12.6. The van der Waals surface area contributed by atoms with Crippen molar-refractivity contribution in [2.75, 3.05) is 45.2 Å². The number of nitrogens with one attached hydrogen (secondary N) is 2. The number of carbonyl (C=O) groups excluding carboxylic acids is 2. The molecule has 1 aromatic carbocycles. The summed E-state index contributed by atoms with van der Waals surface area (Å²) in [5.41, 5.74) is 0.678. The van der Waals surface area contributed by atoms with Gasteiger partial charge < -0.3 is 15.4 Å². The number of nitrogens with zero attached hydrogens (tertiary/aromatic N) is 2. The van der Waals surface area contributed by atoms with Crippen LogP contribution >= 0.6 is 0 Å². The number of hydrogen-bond donors (Lipinski definition) is 2. The van der Waals surface area contributed by atoms with Gasteiger partial charge in [0.15, 0.2) is 0 Å². The molecule has 1 aromatic rings. The summed E-state index contributed by atoms with van der Waals surface area (Å²) >= 11 is 0. The molecule has 2 N–H and O–H groups in total. The predicted octanol–water partition coefficient (Wildman–Crippen LogP) is 1.55. The van der Waals surface area contributed by atoms with E-state index >= 15 is 0 Å². The molecule has 2 amide bonds. The van der Waals surface area contributed by atoms with Crippen LogP contribution in [0.1, 0.15) is 27.2 Å². The minimum absolute atomic E-state index is 0.0533. The predicted molar refractivity (Wildman–Crippen MR) is 107 cm³/mol. The Balaban J connectivity index is 1.81. The van der Waals surface area contributed by atoms with Gasteiger partial charge in [-0.3, -0.25) is 19.4 Å². The SMILES string of the molecule is CCC(C)NC(=O)CN1CCN(C(C)C(=O)Nc2ccccc2OC)CC1. The lowest BCUT2D eigenvalue weighted by molar-refractivity contribution is -0.125. The number of rotatable bonds is 8. The molecule has 2 rings (SSSR count). The van der Waals surface area contributed by atoms with E-state index in [9.17, 15) is 9.59 Å². The Kier molecular flexibility index (Phi) is 8.06. The fourth-order valence-corrected chi connectivity index (χ4v) is 3.09.